The van der Waals surface area contributed by atoms with Crippen molar-refractivity contribution in [2.75, 3.05) is 6.61 Å². The van der Waals surface area contributed by atoms with Crippen LogP contribution >= 0.6 is 0 Å². The molecule has 1 aliphatic heterocycles. The van der Waals surface area contributed by atoms with Gasteiger partial charge in [0.15, 0.2) is 5.60 Å². The largest absolute Gasteiger partial charge is 0.493 e. The predicted octanol–water partition coefficient (Wildman–Crippen LogP) is 4.44. The normalized spacial score (nSPS) is 19.1. The summed E-state index contributed by atoms with van der Waals surface area (Å²) in [6, 6.07) is 16.0. The van der Waals surface area contributed by atoms with E-state index < -0.39 is 5.60 Å². The van der Waals surface area contributed by atoms with Gasteiger partial charge in [0.05, 0.1) is 6.61 Å². The van der Waals surface area contributed by atoms with E-state index in [0.717, 1.165) is 62.0 Å². The molecule has 1 saturated carbocycles. The van der Waals surface area contributed by atoms with Crippen molar-refractivity contribution in [1.29, 1.82) is 0 Å². The molecule has 1 unspecified atom stereocenters. The molecule has 1 amide bonds. The lowest BCUT2D eigenvalue weighted by Crippen LogP contribution is -2.56. The lowest BCUT2D eigenvalue weighted by molar-refractivity contribution is -0.140. The van der Waals surface area contributed by atoms with Gasteiger partial charge >= 0.3 is 0 Å². The molecule has 0 radical (unpaired) electrons. The van der Waals surface area contributed by atoms with Gasteiger partial charge in [-0.3, -0.25) is 4.79 Å². The summed E-state index contributed by atoms with van der Waals surface area (Å²) in [7, 11) is 0. The van der Waals surface area contributed by atoms with E-state index >= 15 is 0 Å². The number of carbonyl (C=O) groups is 1. The molecule has 2 N–H and O–H groups in total. The summed E-state index contributed by atoms with van der Waals surface area (Å²) < 4.78 is 12.3. The third kappa shape index (κ3) is 3.87. The summed E-state index contributed by atoms with van der Waals surface area (Å²) >= 11 is 0. The topological polar surface area (TPSA) is 61.6 Å². The van der Waals surface area contributed by atoms with E-state index in [9.17, 15) is 4.79 Å². The first-order valence-electron chi connectivity index (χ1n) is 10.5. The van der Waals surface area contributed by atoms with Crippen LogP contribution in [-0.4, -0.2) is 18.1 Å². The fraction of sp³-hybridized carbons (Fsp3) is 0.458. The van der Waals surface area contributed by atoms with E-state index in [1.807, 2.05) is 48.5 Å². The second-order valence-electron chi connectivity index (χ2n) is 8.07. The highest BCUT2D eigenvalue weighted by Gasteiger charge is 2.47. The smallest absolute Gasteiger partial charge is 0.262 e. The standard InChI is InChI=1S/C24H29NO3/c25-23(26)24(20-11-5-2-6-12-20,17-18-8-3-1-4-9-18)28-21-13-14-22-19(16-21)10-7-15-27-22/h1,3-4,8-9,13-14,16,20H,2,5-7,10-12,15,17H2,(H2,25,26). The fourth-order valence-electron chi connectivity index (χ4n) is 4.68. The van der Waals surface area contributed by atoms with Crippen LogP contribution in [0.2, 0.25) is 0 Å². The van der Waals surface area contributed by atoms with Crippen molar-refractivity contribution in [1.82, 2.24) is 0 Å². The summed E-state index contributed by atoms with van der Waals surface area (Å²) in [6.07, 6.45) is 7.88. The van der Waals surface area contributed by atoms with Gasteiger partial charge in [0, 0.05) is 12.3 Å². The van der Waals surface area contributed by atoms with Crippen LogP contribution in [-0.2, 0) is 17.6 Å². The Bertz CT molecular complexity index is 814. The van der Waals surface area contributed by atoms with Crippen molar-refractivity contribution in [3.63, 3.8) is 0 Å². The van der Waals surface area contributed by atoms with Gasteiger partial charge in [-0.2, -0.15) is 0 Å². The Hall–Kier alpha value is -2.49. The molecule has 4 nitrogen and oxygen atoms in total. The van der Waals surface area contributed by atoms with E-state index in [-0.39, 0.29) is 11.8 Å². The molecule has 0 bridgehead atoms. The highest BCUT2D eigenvalue weighted by molar-refractivity contribution is 5.85. The number of hydrogen-bond donors (Lipinski definition) is 1. The Morgan fingerprint density at radius 1 is 1.07 bits per heavy atom. The van der Waals surface area contributed by atoms with E-state index in [1.165, 1.54) is 6.42 Å². The van der Waals surface area contributed by atoms with Crippen LogP contribution in [0.25, 0.3) is 0 Å². The van der Waals surface area contributed by atoms with Gasteiger partial charge in [-0.05, 0) is 55.0 Å². The quantitative estimate of drug-likeness (QED) is 0.807. The molecule has 4 rings (SSSR count). The number of amides is 1. The van der Waals surface area contributed by atoms with Gasteiger partial charge in [0.25, 0.3) is 5.91 Å². The minimum absolute atomic E-state index is 0.131. The maximum Gasteiger partial charge on any atom is 0.262 e. The Morgan fingerprint density at radius 3 is 2.61 bits per heavy atom. The van der Waals surface area contributed by atoms with Crippen LogP contribution in [0, 0.1) is 5.92 Å². The molecule has 148 valence electrons. The Kier molecular flexibility index (Phi) is 5.56. The third-order valence-corrected chi connectivity index (χ3v) is 6.17. The Labute approximate surface area is 167 Å². The second kappa shape index (κ2) is 8.26. The van der Waals surface area contributed by atoms with E-state index in [1.54, 1.807) is 0 Å². The van der Waals surface area contributed by atoms with E-state index in [4.69, 9.17) is 15.2 Å². The Morgan fingerprint density at radius 2 is 1.86 bits per heavy atom. The molecule has 4 heteroatoms. The number of primary amides is 1. The van der Waals surface area contributed by atoms with Gasteiger partial charge in [-0.25, -0.2) is 0 Å². The van der Waals surface area contributed by atoms with Crippen molar-refractivity contribution in [3.05, 3.63) is 59.7 Å². The molecule has 2 aromatic rings. The van der Waals surface area contributed by atoms with Gasteiger partial charge in [-0.1, -0.05) is 49.6 Å². The average Bonchev–Trinajstić information content (AvgIpc) is 2.74. The third-order valence-electron chi connectivity index (χ3n) is 6.17. The maximum absolute atomic E-state index is 12.9. The summed E-state index contributed by atoms with van der Waals surface area (Å²) in [6.45, 7) is 0.758. The predicted molar refractivity (Wildman–Crippen MR) is 110 cm³/mol. The average molecular weight is 380 g/mol. The molecule has 2 aliphatic rings. The van der Waals surface area contributed by atoms with Gasteiger partial charge in [0.1, 0.15) is 11.5 Å². The van der Waals surface area contributed by atoms with Crippen LogP contribution in [0.15, 0.2) is 48.5 Å². The number of benzene rings is 2. The van der Waals surface area contributed by atoms with Gasteiger partial charge in [-0.15, -0.1) is 0 Å². The lowest BCUT2D eigenvalue weighted by atomic mass is 9.73. The highest BCUT2D eigenvalue weighted by Crippen LogP contribution is 2.39. The highest BCUT2D eigenvalue weighted by atomic mass is 16.5. The first-order chi connectivity index (χ1) is 13.7. The zero-order valence-corrected chi connectivity index (χ0v) is 16.4. The molecule has 1 atom stereocenters. The molecule has 0 aromatic heterocycles. The van der Waals surface area contributed by atoms with E-state index in [0.29, 0.717) is 12.2 Å². The number of ether oxygens (including phenoxy) is 2. The molecule has 2 aromatic carbocycles. The molecule has 1 fully saturated rings. The fourth-order valence-corrected chi connectivity index (χ4v) is 4.68. The number of aryl methyl sites for hydroxylation is 1. The molecule has 0 saturated heterocycles. The second-order valence-corrected chi connectivity index (χ2v) is 8.07. The molecule has 0 spiro atoms. The summed E-state index contributed by atoms with van der Waals surface area (Å²) in [4.78, 5) is 12.9. The Balaban J connectivity index is 1.69. The minimum atomic E-state index is -1.02. The van der Waals surface area contributed by atoms with Crippen molar-refractivity contribution in [3.8, 4) is 11.5 Å². The van der Waals surface area contributed by atoms with Crippen LogP contribution in [0.4, 0.5) is 0 Å². The SMILES string of the molecule is NC(=O)C(Cc1ccccc1)(Oc1ccc2c(c1)CCCO2)C1CCCCC1. The number of nitrogens with two attached hydrogens (primary N) is 1. The van der Waals surface area contributed by atoms with Crippen LogP contribution in [0.3, 0.4) is 0 Å². The van der Waals surface area contributed by atoms with Crippen molar-refractivity contribution < 1.29 is 14.3 Å². The summed E-state index contributed by atoms with van der Waals surface area (Å²) in [5.74, 6) is 1.40. The summed E-state index contributed by atoms with van der Waals surface area (Å²) in [5, 5.41) is 0. The number of fused-ring (bicyclic) bond motifs is 1. The van der Waals surface area contributed by atoms with Crippen molar-refractivity contribution in [2.45, 2.75) is 57.0 Å². The number of rotatable bonds is 6. The lowest BCUT2D eigenvalue weighted by Gasteiger charge is -2.40. The molecule has 1 aliphatic carbocycles. The summed E-state index contributed by atoms with van der Waals surface area (Å²) in [5.41, 5.74) is 7.25. The molecule has 1 heterocycles. The van der Waals surface area contributed by atoms with Crippen LogP contribution < -0.4 is 15.2 Å². The maximum atomic E-state index is 12.9. The number of hydrogen-bond acceptors (Lipinski definition) is 3. The number of carbonyl (C=O) groups excluding carboxylic acids is 1. The monoisotopic (exact) mass is 379 g/mol. The van der Waals surface area contributed by atoms with Crippen LogP contribution in [0.1, 0.15) is 49.7 Å². The molecular weight excluding hydrogens is 350 g/mol. The van der Waals surface area contributed by atoms with Gasteiger partial charge in [0.2, 0.25) is 0 Å². The molecular formula is C24H29NO3. The van der Waals surface area contributed by atoms with Crippen molar-refractivity contribution >= 4 is 5.91 Å². The van der Waals surface area contributed by atoms with Crippen molar-refractivity contribution in [2.24, 2.45) is 11.7 Å². The zero-order chi connectivity index (χ0) is 19.4. The van der Waals surface area contributed by atoms with E-state index in [2.05, 4.69) is 0 Å². The first-order valence-corrected chi connectivity index (χ1v) is 10.5. The zero-order valence-electron chi connectivity index (χ0n) is 16.4. The minimum Gasteiger partial charge on any atom is -0.493 e. The van der Waals surface area contributed by atoms with Crippen LogP contribution in [0.5, 0.6) is 11.5 Å². The molecule has 28 heavy (non-hydrogen) atoms. The first kappa shape index (κ1) is 18.9. The van der Waals surface area contributed by atoms with Gasteiger partial charge < -0.3 is 15.2 Å².